The van der Waals surface area contributed by atoms with E-state index < -0.39 is 0 Å². The molecule has 0 spiro atoms. The molecule has 1 amide bonds. The number of nitrogens with zero attached hydrogens (tertiary/aromatic N) is 4. The van der Waals surface area contributed by atoms with Crippen LogP contribution in [0.5, 0.6) is 5.75 Å². The summed E-state index contributed by atoms with van der Waals surface area (Å²) in [5.41, 5.74) is 0.394. The second-order valence-corrected chi connectivity index (χ2v) is 6.32. The van der Waals surface area contributed by atoms with E-state index in [1.807, 2.05) is 17.0 Å². The van der Waals surface area contributed by atoms with E-state index in [4.69, 9.17) is 9.47 Å². The van der Waals surface area contributed by atoms with Crippen LogP contribution >= 0.6 is 0 Å². The molecule has 130 valence electrons. The normalized spacial score (nSPS) is 25.4. The number of amides is 1. The summed E-state index contributed by atoms with van der Waals surface area (Å²) in [7, 11) is 0. The number of likely N-dealkylation sites (tertiary alicyclic amines) is 1. The molecule has 0 saturated carbocycles. The molecule has 0 bridgehead atoms. The zero-order valence-electron chi connectivity index (χ0n) is 13.8. The summed E-state index contributed by atoms with van der Waals surface area (Å²) in [6.07, 6.45) is 10.8. The SMILES string of the molecule is O=C(c1cnccn1)N1CC[C@@H]2O[C@@H](COc3cccnc3)CC[C@@H]21. The average molecular weight is 340 g/mol. The van der Waals surface area contributed by atoms with Crippen LogP contribution in [0.4, 0.5) is 0 Å². The Morgan fingerprint density at radius 3 is 2.92 bits per heavy atom. The van der Waals surface area contributed by atoms with Crippen molar-refractivity contribution in [2.75, 3.05) is 13.2 Å². The van der Waals surface area contributed by atoms with Gasteiger partial charge in [0.2, 0.25) is 0 Å². The molecule has 0 N–H and O–H groups in total. The second-order valence-electron chi connectivity index (χ2n) is 6.32. The number of hydrogen-bond donors (Lipinski definition) is 0. The standard InChI is InChI=1S/C18H20N4O3/c23-18(15-11-20-7-8-21-15)22-9-5-17-16(22)4-3-14(25-17)12-24-13-2-1-6-19-10-13/h1-2,6-8,10-11,14,16-17H,3-5,9,12H2/t14-,16+,17+/m1/s1. The van der Waals surface area contributed by atoms with Gasteiger partial charge in [-0.1, -0.05) is 0 Å². The molecule has 0 radical (unpaired) electrons. The molecule has 2 fully saturated rings. The minimum Gasteiger partial charge on any atom is -0.489 e. The molecule has 0 aliphatic carbocycles. The highest BCUT2D eigenvalue weighted by atomic mass is 16.5. The highest BCUT2D eigenvalue weighted by Crippen LogP contribution is 2.32. The van der Waals surface area contributed by atoms with Crippen molar-refractivity contribution in [1.82, 2.24) is 19.9 Å². The van der Waals surface area contributed by atoms with Crippen LogP contribution in [0, 0.1) is 0 Å². The van der Waals surface area contributed by atoms with Crippen molar-refractivity contribution in [2.24, 2.45) is 0 Å². The van der Waals surface area contributed by atoms with Gasteiger partial charge in [0.05, 0.1) is 30.6 Å². The lowest BCUT2D eigenvalue weighted by molar-refractivity contribution is -0.0802. The van der Waals surface area contributed by atoms with Crippen LogP contribution in [0.15, 0.2) is 43.1 Å². The van der Waals surface area contributed by atoms with Gasteiger partial charge in [-0.3, -0.25) is 14.8 Å². The molecule has 4 rings (SSSR count). The van der Waals surface area contributed by atoms with Gasteiger partial charge in [-0.15, -0.1) is 0 Å². The van der Waals surface area contributed by atoms with Gasteiger partial charge in [-0.2, -0.15) is 0 Å². The lowest BCUT2D eigenvalue weighted by Crippen LogP contribution is -2.46. The number of fused-ring (bicyclic) bond motifs is 1. The van der Waals surface area contributed by atoms with E-state index in [9.17, 15) is 4.79 Å². The van der Waals surface area contributed by atoms with Crippen LogP contribution in [-0.4, -0.2) is 57.2 Å². The van der Waals surface area contributed by atoms with E-state index in [1.54, 1.807) is 24.8 Å². The zero-order valence-corrected chi connectivity index (χ0v) is 13.8. The third kappa shape index (κ3) is 3.46. The molecular formula is C18H20N4O3. The molecule has 2 saturated heterocycles. The maximum atomic E-state index is 12.6. The summed E-state index contributed by atoms with van der Waals surface area (Å²) in [5.74, 6) is 0.688. The Kier molecular flexibility index (Phi) is 4.56. The van der Waals surface area contributed by atoms with Crippen molar-refractivity contribution in [3.63, 3.8) is 0 Å². The first-order valence-electron chi connectivity index (χ1n) is 8.56. The van der Waals surface area contributed by atoms with E-state index in [0.29, 0.717) is 18.8 Å². The number of carbonyl (C=O) groups excluding carboxylic acids is 1. The molecule has 0 aromatic carbocycles. The summed E-state index contributed by atoms with van der Waals surface area (Å²) >= 11 is 0. The topological polar surface area (TPSA) is 77.4 Å². The molecule has 4 heterocycles. The first-order chi connectivity index (χ1) is 12.3. The highest BCUT2D eigenvalue weighted by molar-refractivity contribution is 5.92. The number of pyridine rings is 1. The smallest absolute Gasteiger partial charge is 0.274 e. The molecule has 2 aromatic heterocycles. The van der Waals surface area contributed by atoms with Crippen molar-refractivity contribution in [1.29, 1.82) is 0 Å². The van der Waals surface area contributed by atoms with Gasteiger partial charge in [0.1, 0.15) is 18.1 Å². The van der Waals surface area contributed by atoms with Crippen LogP contribution in [-0.2, 0) is 4.74 Å². The fourth-order valence-electron chi connectivity index (χ4n) is 3.55. The maximum absolute atomic E-state index is 12.6. The predicted octanol–water partition coefficient (Wildman–Crippen LogP) is 1.71. The van der Waals surface area contributed by atoms with Gasteiger partial charge in [-0.25, -0.2) is 4.98 Å². The Morgan fingerprint density at radius 1 is 1.20 bits per heavy atom. The minimum atomic E-state index is -0.0609. The second kappa shape index (κ2) is 7.14. The van der Waals surface area contributed by atoms with Crippen LogP contribution in [0.3, 0.4) is 0 Å². The van der Waals surface area contributed by atoms with Gasteiger partial charge in [-0.05, 0) is 31.4 Å². The number of ether oxygens (including phenoxy) is 2. The van der Waals surface area contributed by atoms with E-state index in [0.717, 1.165) is 25.0 Å². The Balaban J connectivity index is 1.34. The molecule has 7 heteroatoms. The van der Waals surface area contributed by atoms with Gasteiger partial charge in [0, 0.05) is 25.1 Å². The lowest BCUT2D eigenvalue weighted by atomic mass is 9.99. The Morgan fingerprint density at radius 2 is 2.12 bits per heavy atom. The average Bonchev–Trinajstić information content (AvgIpc) is 3.10. The number of carbonyl (C=O) groups is 1. The van der Waals surface area contributed by atoms with Gasteiger partial charge < -0.3 is 14.4 Å². The molecule has 2 aliphatic heterocycles. The van der Waals surface area contributed by atoms with E-state index in [1.165, 1.54) is 6.20 Å². The zero-order chi connectivity index (χ0) is 17.1. The van der Waals surface area contributed by atoms with Crippen molar-refractivity contribution >= 4 is 5.91 Å². The Bertz CT molecular complexity index is 713. The number of rotatable bonds is 4. The van der Waals surface area contributed by atoms with Crippen LogP contribution in [0.25, 0.3) is 0 Å². The largest absolute Gasteiger partial charge is 0.489 e. The highest BCUT2D eigenvalue weighted by Gasteiger charge is 2.42. The molecule has 2 aliphatic rings. The van der Waals surface area contributed by atoms with Gasteiger partial charge >= 0.3 is 0 Å². The minimum absolute atomic E-state index is 0.0491. The fourth-order valence-corrected chi connectivity index (χ4v) is 3.55. The van der Waals surface area contributed by atoms with Crippen LogP contribution < -0.4 is 4.74 Å². The maximum Gasteiger partial charge on any atom is 0.274 e. The van der Waals surface area contributed by atoms with Gasteiger partial charge in [0.25, 0.3) is 5.91 Å². The fraction of sp³-hybridized carbons (Fsp3) is 0.444. The van der Waals surface area contributed by atoms with Crippen molar-refractivity contribution in [2.45, 2.75) is 37.5 Å². The third-order valence-corrected chi connectivity index (χ3v) is 4.75. The number of hydrogen-bond acceptors (Lipinski definition) is 6. The molecule has 7 nitrogen and oxygen atoms in total. The molecule has 2 aromatic rings. The molecule has 0 unspecified atom stereocenters. The summed E-state index contributed by atoms with van der Waals surface area (Å²) in [6, 6.07) is 3.85. The molecule has 25 heavy (non-hydrogen) atoms. The predicted molar refractivity (Wildman–Crippen MR) is 89.1 cm³/mol. The summed E-state index contributed by atoms with van der Waals surface area (Å²) in [4.78, 5) is 26.7. The third-order valence-electron chi connectivity index (χ3n) is 4.75. The number of aromatic nitrogens is 3. The van der Waals surface area contributed by atoms with E-state index in [-0.39, 0.29) is 24.2 Å². The summed E-state index contributed by atoms with van der Waals surface area (Å²) in [6.45, 7) is 1.20. The summed E-state index contributed by atoms with van der Waals surface area (Å²) < 4.78 is 11.9. The van der Waals surface area contributed by atoms with E-state index >= 15 is 0 Å². The Labute approximate surface area is 146 Å². The quantitative estimate of drug-likeness (QED) is 0.843. The molecule has 3 atom stereocenters. The van der Waals surface area contributed by atoms with Crippen molar-refractivity contribution in [3.8, 4) is 5.75 Å². The van der Waals surface area contributed by atoms with E-state index in [2.05, 4.69) is 15.0 Å². The Hall–Kier alpha value is -2.54. The summed E-state index contributed by atoms with van der Waals surface area (Å²) in [5, 5.41) is 0. The van der Waals surface area contributed by atoms with Crippen LogP contribution in [0.1, 0.15) is 29.8 Å². The van der Waals surface area contributed by atoms with Crippen molar-refractivity contribution in [3.05, 3.63) is 48.8 Å². The monoisotopic (exact) mass is 340 g/mol. The first kappa shape index (κ1) is 16.0. The van der Waals surface area contributed by atoms with Crippen LogP contribution in [0.2, 0.25) is 0 Å². The lowest BCUT2D eigenvalue weighted by Gasteiger charge is -2.35. The van der Waals surface area contributed by atoms with Gasteiger partial charge in [0.15, 0.2) is 0 Å². The first-order valence-corrected chi connectivity index (χ1v) is 8.56. The molecular weight excluding hydrogens is 320 g/mol. The van der Waals surface area contributed by atoms with Crippen molar-refractivity contribution < 1.29 is 14.3 Å².